The quantitative estimate of drug-likeness (QED) is 0.0837. The predicted molar refractivity (Wildman–Crippen MR) is 231 cm³/mol. The van der Waals surface area contributed by atoms with Gasteiger partial charge in [0.25, 0.3) is 0 Å². The molecule has 0 unspecified atom stereocenters. The number of rotatable bonds is 20. The monoisotopic (exact) mass is 779 g/mol. The standard InChI is InChI=1S/C52H68F2O3/c1-5-9-11-13-37-15-23-41(24-16-37)43-27-19-39(20-28-43)35-45-47(55-7-3)31-33-49(51(45)53)57-50-34-32-48(56-8-4)46(52(50)54)36-40-21-29-44(30-22-40)42-25-17-38(18-26-42)14-12-10-6-2/h19-22,27-34,37-38,41-42H,5-18,23-26,35-36H2,1-4H3/t37-,38-,41-,42-. The average Bonchev–Trinajstić information content (AvgIpc) is 3.24. The third kappa shape index (κ3) is 11.6. The molecule has 2 fully saturated rings. The van der Waals surface area contributed by atoms with E-state index in [1.165, 1.54) is 114 Å². The minimum absolute atomic E-state index is 0.0285. The Bertz CT molecular complexity index is 1670. The highest BCUT2D eigenvalue weighted by Crippen LogP contribution is 2.41. The van der Waals surface area contributed by atoms with Crippen LogP contribution < -0.4 is 14.2 Å². The molecule has 3 nitrogen and oxygen atoms in total. The first-order valence-corrected chi connectivity index (χ1v) is 22.6. The van der Waals surface area contributed by atoms with Crippen molar-refractivity contribution in [3.05, 3.63) is 118 Å². The molecule has 308 valence electrons. The fourth-order valence-corrected chi connectivity index (χ4v) is 9.51. The lowest BCUT2D eigenvalue weighted by Crippen LogP contribution is -2.13. The summed E-state index contributed by atoms with van der Waals surface area (Å²) in [6.45, 7) is 9.15. The molecule has 2 aliphatic carbocycles. The normalized spacial score (nSPS) is 19.7. The van der Waals surface area contributed by atoms with Crippen LogP contribution in [0.4, 0.5) is 8.78 Å². The summed E-state index contributed by atoms with van der Waals surface area (Å²) in [4.78, 5) is 0. The van der Waals surface area contributed by atoms with E-state index in [1.807, 2.05) is 13.8 Å². The minimum Gasteiger partial charge on any atom is -0.493 e. The van der Waals surface area contributed by atoms with Crippen molar-refractivity contribution in [3.63, 3.8) is 0 Å². The Hall–Kier alpha value is -3.86. The number of ether oxygens (including phenoxy) is 3. The van der Waals surface area contributed by atoms with Crippen LogP contribution >= 0.6 is 0 Å². The predicted octanol–water partition coefficient (Wildman–Crippen LogP) is 15.4. The lowest BCUT2D eigenvalue weighted by molar-refractivity contribution is 0.303. The zero-order chi connectivity index (χ0) is 40.0. The van der Waals surface area contributed by atoms with Gasteiger partial charge in [0, 0.05) is 24.0 Å². The molecule has 0 bridgehead atoms. The summed E-state index contributed by atoms with van der Waals surface area (Å²) in [6, 6.07) is 23.9. The molecular weight excluding hydrogens is 711 g/mol. The van der Waals surface area contributed by atoms with Crippen molar-refractivity contribution >= 4 is 0 Å². The van der Waals surface area contributed by atoms with Crippen LogP contribution in [0.2, 0.25) is 0 Å². The van der Waals surface area contributed by atoms with Crippen LogP contribution in [-0.2, 0) is 12.8 Å². The van der Waals surface area contributed by atoms with Crippen molar-refractivity contribution in [1.82, 2.24) is 0 Å². The summed E-state index contributed by atoms with van der Waals surface area (Å²) in [6.07, 6.45) is 21.6. The Morgan fingerprint density at radius 3 is 1.18 bits per heavy atom. The van der Waals surface area contributed by atoms with Gasteiger partial charge in [0.1, 0.15) is 11.5 Å². The van der Waals surface area contributed by atoms with E-state index in [9.17, 15) is 0 Å². The maximum absolute atomic E-state index is 16.5. The van der Waals surface area contributed by atoms with Crippen molar-refractivity contribution in [2.75, 3.05) is 13.2 Å². The van der Waals surface area contributed by atoms with Crippen LogP contribution in [0.3, 0.4) is 0 Å². The molecular formula is C52H68F2O3. The van der Waals surface area contributed by atoms with Gasteiger partial charge in [0.2, 0.25) is 0 Å². The van der Waals surface area contributed by atoms with Crippen LogP contribution in [0.15, 0.2) is 72.8 Å². The van der Waals surface area contributed by atoms with E-state index >= 15 is 8.78 Å². The second-order valence-electron chi connectivity index (χ2n) is 16.9. The highest BCUT2D eigenvalue weighted by molar-refractivity contribution is 5.49. The molecule has 5 heteroatoms. The van der Waals surface area contributed by atoms with Gasteiger partial charge in [0.15, 0.2) is 23.1 Å². The summed E-state index contributed by atoms with van der Waals surface area (Å²) >= 11 is 0. The molecule has 2 saturated carbocycles. The summed E-state index contributed by atoms with van der Waals surface area (Å²) in [5.41, 5.74) is 5.57. The number of unbranched alkanes of at least 4 members (excludes halogenated alkanes) is 4. The van der Waals surface area contributed by atoms with E-state index in [1.54, 1.807) is 24.3 Å². The van der Waals surface area contributed by atoms with Gasteiger partial charge in [-0.2, -0.15) is 0 Å². The molecule has 2 aliphatic rings. The molecule has 0 heterocycles. The smallest absolute Gasteiger partial charge is 0.172 e. The molecule has 6 rings (SSSR count). The van der Waals surface area contributed by atoms with Crippen LogP contribution in [-0.4, -0.2) is 13.2 Å². The van der Waals surface area contributed by atoms with Crippen molar-refractivity contribution in [2.24, 2.45) is 11.8 Å². The van der Waals surface area contributed by atoms with E-state index in [0.29, 0.717) is 60.5 Å². The first-order valence-electron chi connectivity index (χ1n) is 22.6. The largest absolute Gasteiger partial charge is 0.493 e. The molecule has 0 amide bonds. The molecule has 0 atom stereocenters. The SMILES string of the molecule is CCCCC[C@H]1CC[C@H](c2ccc(Cc3c(OCC)ccc(Oc4ccc(OCC)c(Cc5ccc([C@H]6CC[C@H](CCCCC)CC6)cc5)c4F)c3F)cc2)CC1. The summed E-state index contributed by atoms with van der Waals surface area (Å²) in [5, 5.41) is 0. The highest BCUT2D eigenvalue weighted by Gasteiger charge is 2.25. The molecule has 0 radical (unpaired) electrons. The summed E-state index contributed by atoms with van der Waals surface area (Å²) < 4.78 is 50.8. The molecule has 0 saturated heterocycles. The number of halogens is 2. The van der Waals surface area contributed by atoms with Crippen molar-refractivity contribution in [1.29, 1.82) is 0 Å². The van der Waals surface area contributed by atoms with Gasteiger partial charge in [0.05, 0.1) is 13.2 Å². The van der Waals surface area contributed by atoms with Crippen molar-refractivity contribution in [2.45, 2.75) is 155 Å². The molecule has 0 aliphatic heterocycles. The molecule has 0 spiro atoms. The van der Waals surface area contributed by atoms with Crippen LogP contribution in [0.1, 0.15) is 176 Å². The van der Waals surface area contributed by atoms with Gasteiger partial charge in [-0.05, 0) is 135 Å². The number of benzene rings is 4. The Balaban J connectivity index is 1.13. The van der Waals surface area contributed by atoms with Gasteiger partial charge >= 0.3 is 0 Å². The summed E-state index contributed by atoms with van der Waals surface area (Å²) in [7, 11) is 0. The highest BCUT2D eigenvalue weighted by atomic mass is 19.1. The Labute approximate surface area is 342 Å². The van der Waals surface area contributed by atoms with Gasteiger partial charge < -0.3 is 14.2 Å². The van der Waals surface area contributed by atoms with E-state index in [4.69, 9.17) is 14.2 Å². The summed E-state index contributed by atoms with van der Waals surface area (Å²) in [5.74, 6) is 2.76. The molecule has 0 N–H and O–H groups in total. The van der Waals surface area contributed by atoms with Gasteiger partial charge in [-0.1, -0.05) is 114 Å². The van der Waals surface area contributed by atoms with Crippen LogP contribution in [0.25, 0.3) is 0 Å². The fraction of sp³-hybridized carbons (Fsp3) is 0.538. The van der Waals surface area contributed by atoms with Crippen molar-refractivity contribution < 1.29 is 23.0 Å². The Kier molecular flexibility index (Phi) is 16.3. The maximum Gasteiger partial charge on any atom is 0.172 e. The second kappa shape index (κ2) is 21.8. The third-order valence-corrected chi connectivity index (χ3v) is 12.9. The van der Waals surface area contributed by atoms with Crippen molar-refractivity contribution in [3.8, 4) is 23.0 Å². The zero-order valence-electron chi connectivity index (χ0n) is 35.4. The maximum atomic E-state index is 16.5. The second-order valence-corrected chi connectivity index (χ2v) is 16.9. The van der Waals surface area contributed by atoms with E-state index in [0.717, 1.165) is 23.0 Å². The van der Waals surface area contributed by atoms with Crippen LogP contribution in [0.5, 0.6) is 23.0 Å². The number of hydrogen-bond acceptors (Lipinski definition) is 3. The average molecular weight is 779 g/mol. The van der Waals surface area contributed by atoms with E-state index in [2.05, 4.69) is 62.4 Å². The zero-order valence-corrected chi connectivity index (χ0v) is 35.4. The topological polar surface area (TPSA) is 27.7 Å². The van der Waals surface area contributed by atoms with Crippen LogP contribution in [0, 0.1) is 23.5 Å². The van der Waals surface area contributed by atoms with Gasteiger partial charge in [-0.3, -0.25) is 0 Å². The number of hydrogen-bond donors (Lipinski definition) is 0. The lowest BCUT2D eigenvalue weighted by atomic mass is 9.77. The molecule has 4 aromatic carbocycles. The molecule has 57 heavy (non-hydrogen) atoms. The van der Waals surface area contributed by atoms with E-state index < -0.39 is 11.6 Å². The molecule has 4 aromatic rings. The first-order chi connectivity index (χ1) is 27.9. The Morgan fingerprint density at radius 2 is 0.825 bits per heavy atom. The van der Waals surface area contributed by atoms with Gasteiger partial charge in [-0.25, -0.2) is 8.78 Å². The lowest BCUT2D eigenvalue weighted by Gasteiger charge is -2.29. The minimum atomic E-state index is -0.535. The fourth-order valence-electron chi connectivity index (χ4n) is 9.51. The Morgan fingerprint density at radius 1 is 0.456 bits per heavy atom. The molecule has 0 aromatic heterocycles. The third-order valence-electron chi connectivity index (χ3n) is 12.9. The first kappa shape index (κ1) is 42.7. The van der Waals surface area contributed by atoms with Gasteiger partial charge in [-0.15, -0.1) is 0 Å². The van der Waals surface area contributed by atoms with E-state index in [-0.39, 0.29) is 11.5 Å².